The number of fused-ring (bicyclic) bond motifs is 2. The van der Waals surface area contributed by atoms with Crippen LogP contribution in [0.15, 0.2) is 41.9 Å². The van der Waals surface area contributed by atoms with Gasteiger partial charge in [-0.3, -0.25) is 9.48 Å². The van der Waals surface area contributed by atoms with Gasteiger partial charge in [-0.25, -0.2) is 0 Å². The van der Waals surface area contributed by atoms with Crippen LogP contribution in [0.2, 0.25) is 0 Å². The molecule has 1 aromatic carbocycles. The van der Waals surface area contributed by atoms with E-state index in [1.54, 1.807) is 11.3 Å². The number of aromatic nitrogens is 2. The Morgan fingerprint density at radius 2 is 2.16 bits per heavy atom. The molecule has 4 rings (SSSR count). The van der Waals surface area contributed by atoms with Crippen LogP contribution in [0, 0.1) is 0 Å². The molecular weight excluding hydrogens is 332 g/mol. The number of benzene rings is 1. The molecule has 0 unspecified atom stereocenters. The maximum absolute atomic E-state index is 13.0. The molecule has 6 heteroatoms. The van der Waals surface area contributed by atoms with Crippen molar-refractivity contribution in [1.82, 2.24) is 19.6 Å². The number of carbonyl (C=O) groups is 1. The second-order valence-electron chi connectivity index (χ2n) is 6.89. The highest BCUT2D eigenvalue weighted by atomic mass is 32.1. The molecule has 0 radical (unpaired) electrons. The van der Waals surface area contributed by atoms with Gasteiger partial charge in [-0.1, -0.05) is 18.2 Å². The van der Waals surface area contributed by atoms with Crippen LogP contribution in [-0.4, -0.2) is 52.7 Å². The maximum Gasteiger partial charge on any atom is 0.227 e. The molecule has 0 aliphatic carbocycles. The first kappa shape index (κ1) is 16.3. The molecule has 130 valence electrons. The molecule has 0 fully saturated rings. The molecule has 1 atom stereocenters. The number of nitrogens with zero attached hydrogens (tertiary/aromatic N) is 4. The van der Waals surface area contributed by atoms with Crippen LogP contribution in [0.1, 0.15) is 17.3 Å². The third kappa shape index (κ3) is 3.19. The summed E-state index contributed by atoms with van der Waals surface area (Å²) in [6.45, 7) is 2.23. The van der Waals surface area contributed by atoms with Crippen LogP contribution in [0.25, 0.3) is 10.1 Å². The van der Waals surface area contributed by atoms with E-state index in [0.29, 0.717) is 19.5 Å². The normalized spacial score (nSPS) is 17.2. The molecule has 1 aliphatic heterocycles. The van der Waals surface area contributed by atoms with Gasteiger partial charge in [0.05, 0.1) is 24.7 Å². The summed E-state index contributed by atoms with van der Waals surface area (Å²) in [5.74, 6) is 0.194. The molecule has 5 nitrogen and oxygen atoms in total. The minimum atomic E-state index is 0.194. The molecule has 3 aromatic rings. The van der Waals surface area contributed by atoms with Crippen molar-refractivity contribution in [3.63, 3.8) is 0 Å². The summed E-state index contributed by atoms with van der Waals surface area (Å²) in [6.07, 6.45) is 2.30. The van der Waals surface area contributed by atoms with E-state index in [1.165, 1.54) is 10.1 Å². The van der Waals surface area contributed by atoms with E-state index in [0.717, 1.165) is 17.8 Å². The van der Waals surface area contributed by atoms with E-state index in [2.05, 4.69) is 46.3 Å². The lowest BCUT2D eigenvalue weighted by molar-refractivity contribution is -0.132. The quantitative estimate of drug-likeness (QED) is 0.723. The van der Waals surface area contributed by atoms with Crippen molar-refractivity contribution in [3.05, 3.63) is 53.2 Å². The zero-order valence-electron chi connectivity index (χ0n) is 14.6. The van der Waals surface area contributed by atoms with Gasteiger partial charge in [0.2, 0.25) is 5.91 Å². The highest BCUT2D eigenvalue weighted by molar-refractivity contribution is 7.17. The Kier molecular flexibility index (Phi) is 4.31. The molecular formula is C19H22N4OS. The van der Waals surface area contributed by atoms with Crippen molar-refractivity contribution in [1.29, 1.82) is 0 Å². The van der Waals surface area contributed by atoms with Gasteiger partial charge in [0.25, 0.3) is 0 Å². The minimum Gasteiger partial charge on any atom is -0.334 e. The zero-order valence-corrected chi connectivity index (χ0v) is 15.4. The van der Waals surface area contributed by atoms with Gasteiger partial charge in [-0.05, 0) is 42.6 Å². The van der Waals surface area contributed by atoms with E-state index in [-0.39, 0.29) is 11.9 Å². The Morgan fingerprint density at radius 3 is 3.00 bits per heavy atom. The topological polar surface area (TPSA) is 41.4 Å². The summed E-state index contributed by atoms with van der Waals surface area (Å²) in [5.41, 5.74) is 2.25. The largest absolute Gasteiger partial charge is 0.334 e. The lowest BCUT2D eigenvalue weighted by Gasteiger charge is -2.35. The Morgan fingerprint density at radius 1 is 1.32 bits per heavy atom. The first-order valence-electron chi connectivity index (χ1n) is 8.52. The standard InChI is InChI=1S/C19H22N4OS/c1-21(2)10-16-12-22(11-15-7-8-20-23(15)16)19(24)9-14-13-25-18-6-4-3-5-17(14)18/h3-8,13,16H,9-12H2,1-2H3/t16-/m0/s1. The number of rotatable bonds is 4. The monoisotopic (exact) mass is 354 g/mol. The van der Waals surface area contributed by atoms with Gasteiger partial charge in [0.1, 0.15) is 0 Å². The maximum atomic E-state index is 13.0. The van der Waals surface area contributed by atoms with Crippen molar-refractivity contribution >= 4 is 27.3 Å². The van der Waals surface area contributed by atoms with Crippen molar-refractivity contribution in [3.8, 4) is 0 Å². The van der Waals surface area contributed by atoms with E-state index >= 15 is 0 Å². The zero-order chi connectivity index (χ0) is 17.4. The summed E-state index contributed by atoms with van der Waals surface area (Å²) in [7, 11) is 4.11. The van der Waals surface area contributed by atoms with Crippen LogP contribution < -0.4 is 0 Å². The predicted octanol–water partition coefficient (Wildman–Crippen LogP) is 2.79. The van der Waals surface area contributed by atoms with Gasteiger partial charge in [0.15, 0.2) is 0 Å². The molecule has 0 bridgehead atoms. The third-order valence-electron chi connectivity index (χ3n) is 4.71. The fraction of sp³-hybridized carbons (Fsp3) is 0.368. The average Bonchev–Trinajstić information content (AvgIpc) is 3.21. The average molecular weight is 354 g/mol. The van der Waals surface area contributed by atoms with Gasteiger partial charge < -0.3 is 9.80 Å². The van der Waals surface area contributed by atoms with Crippen molar-refractivity contribution in [2.75, 3.05) is 27.2 Å². The minimum absolute atomic E-state index is 0.194. The van der Waals surface area contributed by atoms with Gasteiger partial charge in [-0.2, -0.15) is 5.10 Å². The van der Waals surface area contributed by atoms with Crippen molar-refractivity contribution in [2.24, 2.45) is 0 Å². The first-order valence-corrected chi connectivity index (χ1v) is 9.40. The molecule has 0 saturated carbocycles. The van der Waals surface area contributed by atoms with Crippen LogP contribution in [0.3, 0.4) is 0 Å². The highest BCUT2D eigenvalue weighted by Gasteiger charge is 2.29. The molecule has 25 heavy (non-hydrogen) atoms. The summed E-state index contributed by atoms with van der Waals surface area (Å²) in [5, 5.41) is 7.78. The lowest BCUT2D eigenvalue weighted by atomic mass is 10.1. The first-order chi connectivity index (χ1) is 12.1. The second-order valence-corrected chi connectivity index (χ2v) is 7.80. The Hall–Kier alpha value is -2.18. The SMILES string of the molecule is CN(C)C[C@H]1CN(C(=O)Cc2csc3ccccc23)Cc2ccnn21. The highest BCUT2D eigenvalue weighted by Crippen LogP contribution is 2.27. The number of amides is 1. The molecule has 0 saturated heterocycles. The molecule has 0 N–H and O–H groups in total. The smallest absolute Gasteiger partial charge is 0.227 e. The molecule has 2 aromatic heterocycles. The van der Waals surface area contributed by atoms with Crippen molar-refractivity contribution < 1.29 is 4.79 Å². The Bertz CT molecular complexity index is 898. The van der Waals surface area contributed by atoms with Crippen LogP contribution >= 0.6 is 11.3 Å². The van der Waals surface area contributed by atoms with E-state index < -0.39 is 0 Å². The summed E-state index contributed by atoms with van der Waals surface area (Å²) in [4.78, 5) is 17.1. The van der Waals surface area contributed by atoms with Gasteiger partial charge >= 0.3 is 0 Å². The summed E-state index contributed by atoms with van der Waals surface area (Å²) >= 11 is 1.71. The van der Waals surface area contributed by atoms with Crippen LogP contribution in [-0.2, 0) is 17.8 Å². The fourth-order valence-electron chi connectivity index (χ4n) is 3.58. The van der Waals surface area contributed by atoms with Crippen molar-refractivity contribution in [2.45, 2.75) is 19.0 Å². The molecule has 3 heterocycles. The molecule has 0 spiro atoms. The summed E-state index contributed by atoms with van der Waals surface area (Å²) in [6, 6.07) is 10.5. The molecule has 1 aliphatic rings. The van der Waals surface area contributed by atoms with Gasteiger partial charge in [-0.15, -0.1) is 11.3 Å². The van der Waals surface area contributed by atoms with Gasteiger partial charge in [0, 0.05) is 24.0 Å². The number of carbonyl (C=O) groups excluding carboxylic acids is 1. The number of likely N-dealkylation sites (N-methyl/N-ethyl adjacent to an activating group) is 1. The second kappa shape index (κ2) is 6.61. The van der Waals surface area contributed by atoms with E-state index in [9.17, 15) is 4.79 Å². The third-order valence-corrected chi connectivity index (χ3v) is 5.73. The van der Waals surface area contributed by atoms with Crippen LogP contribution in [0.4, 0.5) is 0 Å². The summed E-state index contributed by atoms with van der Waals surface area (Å²) < 4.78 is 3.32. The molecule has 1 amide bonds. The predicted molar refractivity (Wildman–Crippen MR) is 101 cm³/mol. The van der Waals surface area contributed by atoms with Crippen LogP contribution in [0.5, 0.6) is 0 Å². The number of thiophene rings is 1. The van der Waals surface area contributed by atoms with E-state index in [4.69, 9.17) is 0 Å². The fourth-order valence-corrected chi connectivity index (χ4v) is 4.54. The Balaban J connectivity index is 1.54. The Labute approximate surface area is 151 Å². The number of hydrogen-bond acceptors (Lipinski definition) is 4. The number of hydrogen-bond donors (Lipinski definition) is 0. The van der Waals surface area contributed by atoms with E-state index in [1.807, 2.05) is 29.3 Å². The lowest BCUT2D eigenvalue weighted by Crippen LogP contribution is -2.44.